The van der Waals surface area contributed by atoms with Crippen LogP contribution in [0, 0.1) is 63.6 Å². The highest BCUT2D eigenvalue weighted by atomic mass is 16.5. The van der Waals surface area contributed by atoms with Crippen molar-refractivity contribution in [2.75, 3.05) is 39.3 Å². The topological polar surface area (TPSA) is 70.1 Å². The standard InChI is InChI=1S/C42H66N2O4/c1-28(2)36-21-33-22-40(27-45)35-15-14-29(3)34(35)23-41(33,42(36,40)39(46)47)38-20-32(19-30-11-6-4-7-12-30)37(48-38)26-44-18-10-13-31(25-44)24-43-16-8-5-9-17-43/h21,27-35,37-38H,4-20,22-26H2,1-3H3,(H,46,47)/t29-,31?,32?,33?,34-,35-,37?,38?,40?,41?,42?/m1/s1. The minimum atomic E-state index is -1.13. The number of carboxylic acids is 1. The average Bonchev–Trinajstić information content (AvgIpc) is 3.79. The maximum atomic E-state index is 14.2. The number of carbonyl (C=O) groups is 2. The van der Waals surface area contributed by atoms with E-state index in [1.54, 1.807) is 0 Å². The minimum absolute atomic E-state index is 0.0887. The van der Waals surface area contributed by atoms with Crippen molar-refractivity contribution in [2.45, 2.75) is 136 Å². The summed E-state index contributed by atoms with van der Waals surface area (Å²) in [5, 5.41) is 11.7. The first kappa shape index (κ1) is 33.9. The first-order chi connectivity index (χ1) is 23.2. The zero-order valence-electron chi connectivity index (χ0n) is 30.6. The molecule has 11 atom stereocenters. The summed E-state index contributed by atoms with van der Waals surface area (Å²) in [5.74, 6) is 2.66. The van der Waals surface area contributed by atoms with Crippen LogP contribution in [0.2, 0.25) is 0 Å². The van der Waals surface area contributed by atoms with Crippen LogP contribution in [0.25, 0.3) is 0 Å². The van der Waals surface area contributed by atoms with Crippen LogP contribution in [-0.4, -0.2) is 78.6 Å². The maximum absolute atomic E-state index is 14.2. The predicted molar refractivity (Wildman–Crippen MR) is 189 cm³/mol. The lowest BCUT2D eigenvalue weighted by Gasteiger charge is -2.60. The third-order valence-electron chi connectivity index (χ3n) is 16.3. The number of hydrogen-bond donors (Lipinski definition) is 1. The number of hydrogen-bond acceptors (Lipinski definition) is 5. The van der Waals surface area contributed by atoms with Gasteiger partial charge in [-0.2, -0.15) is 0 Å². The third kappa shape index (κ3) is 5.01. The lowest BCUT2D eigenvalue weighted by molar-refractivity contribution is -0.197. The Morgan fingerprint density at radius 1 is 0.938 bits per heavy atom. The molecule has 8 unspecified atom stereocenters. The maximum Gasteiger partial charge on any atom is 0.315 e. The van der Waals surface area contributed by atoms with Crippen LogP contribution in [0.5, 0.6) is 0 Å². The number of piperidine rings is 2. The average molecular weight is 663 g/mol. The zero-order chi connectivity index (χ0) is 33.3. The Morgan fingerprint density at radius 3 is 2.40 bits per heavy atom. The molecule has 0 amide bonds. The number of carboxylic acid groups (broad SMARTS) is 1. The summed E-state index contributed by atoms with van der Waals surface area (Å²) in [7, 11) is 0. The molecule has 0 aromatic rings. The van der Waals surface area contributed by atoms with E-state index in [4.69, 9.17) is 4.74 Å². The first-order valence-corrected chi connectivity index (χ1v) is 20.8. The summed E-state index contributed by atoms with van der Waals surface area (Å²) >= 11 is 0. The zero-order valence-corrected chi connectivity index (χ0v) is 30.6. The van der Waals surface area contributed by atoms with E-state index in [1.807, 2.05) is 0 Å². The van der Waals surface area contributed by atoms with E-state index in [-0.39, 0.29) is 30.0 Å². The SMILES string of the molecule is CC(C)C1=CC2CC3(C=O)[C@@H]4CC[C@@H](C)[C@H]4CC2(C2CC(CC4CCCCC4)C(CN4CCCC(CN5CCCCC5)C4)O2)C13C(=O)O. The molecular weight excluding hydrogens is 596 g/mol. The van der Waals surface area contributed by atoms with Gasteiger partial charge in [0.1, 0.15) is 11.7 Å². The summed E-state index contributed by atoms with van der Waals surface area (Å²) in [6.45, 7) is 13.9. The molecule has 3 aliphatic heterocycles. The molecule has 0 aromatic heterocycles. The number of likely N-dealkylation sites (tertiary alicyclic amines) is 2. The Hall–Kier alpha value is -1.24. The second-order valence-electron chi connectivity index (χ2n) is 18.9. The van der Waals surface area contributed by atoms with Crippen LogP contribution in [-0.2, 0) is 14.3 Å². The Morgan fingerprint density at radius 2 is 1.67 bits per heavy atom. The second-order valence-corrected chi connectivity index (χ2v) is 18.9. The second kappa shape index (κ2) is 13.1. The highest BCUT2D eigenvalue weighted by Gasteiger charge is 2.86. The van der Waals surface area contributed by atoms with Gasteiger partial charge >= 0.3 is 5.97 Å². The number of aliphatic carboxylic acids is 1. The fraction of sp³-hybridized carbons (Fsp3) is 0.905. The lowest BCUT2D eigenvalue weighted by atomic mass is 9.41. The van der Waals surface area contributed by atoms with Crippen LogP contribution < -0.4 is 0 Å². The number of nitrogens with zero attached hydrogens (tertiary/aromatic N) is 2. The van der Waals surface area contributed by atoms with Gasteiger partial charge in [-0.15, -0.1) is 0 Å². The molecule has 5 aliphatic carbocycles. The van der Waals surface area contributed by atoms with Crippen LogP contribution in [0.3, 0.4) is 0 Å². The molecule has 48 heavy (non-hydrogen) atoms. The molecule has 3 saturated heterocycles. The molecule has 8 rings (SSSR count). The normalized spacial score (nSPS) is 46.6. The minimum Gasteiger partial charge on any atom is -0.481 e. The molecule has 0 radical (unpaired) electrons. The number of aldehydes is 1. The van der Waals surface area contributed by atoms with Crippen molar-refractivity contribution in [3.05, 3.63) is 11.6 Å². The van der Waals surface area contributed by atoms with E-state index in [2.05, 4.69) is 36.6 Å². The van der Waals surface area contributed by atoms with Gasteiger partial charge in [-0.25, -0.2) is 0 Å². The Balaban J connectivity index is 1.12. The van der Waals surface area contributed by atoms with E-state index < -0.39 is 22.2 Å². The molecule has 3 heterocycles. The van der Waals surface area contributed by atoms with Crippen LogP contribution in [0.1, 0.15) is 124 Å². The molecule has 1 N–H and O–H groups in total. The van der Waals surface area contributed by atoms with Crippen molar-refractivity contribution < 1.29 is 19.4 Å². The summed E-state index contributed by atoms with van der Waals surface area (Å²) in [6.07, 6.45) is 23.1. The molecule has 6 nitrogen and oxygen atoms in total. The monoisotopic (exact) mass is 663 g/mol. The molecule has 7 fully saturated rings. The third-order valence-corrected chi connectivity index (χ3v) is 16.3. The van der Waals surface area contributed by atoms with Crippen LogP contribution in [0.15, 0.2) is 11.6 Å². The Kier molecular flexibility index (Phi) is 9.22. The number of allylic oxidation sites excluding steroid dienone is 1. The van der Waals surface area contributed by atoms with Gasteiger partial charge in [-0.1, -0.05) is 77.4 Å². The highest BCUT2D eigenvalue weighted by Crippen LogP contribution is 2.84. The van der Waals surface area contributed by atoms with Crippen molar-refractivity contribution in [1.82, 2.24) is 9.80 Å². The summed E-state index contributed by atoms with van der Waals surface area (Å²) in [6, 6.07) is 0. The predicted octanol–water partition coefficient (Wildman–Crippen LogP) is 7.85. The Labute approximate surface area is 291 Å². The van der Waals surface area contributed by atoms with Crippen molar-refractivity contribution in [3.63, 3.8) is 0 Å². The van der Waals surface area contributed by atoms with E-state index in [0.717, 1.165) is 56.1 Å². The first-order valence-electron chi connectivity index (χ1n) is 20.8. The Bertz CT molecular complexity index is 1240. The van der Waals surface area contributed by atoms with Crippen LogP contribution in [0.4, 0.5) is 0 Å². The van der Waals surface area contributed by atoms with Gasteiger partial charge in [0.05, 0.1) is 17.6 Å². The lowest BCUT2D eigenvalue weighted by Crippen LogP contribution is -2.65. The number of fused-ring (bicyclic) bond motifs is 2. The van der Waals surface area contributed by atoms with Gasteiger partial charge in [-0.05, 0) is 125 Å². The van der Waals surface area contributed by atoms with Crippen molar-refractivity contribution >= 4 is 12.3 Å². The summed E-state index contributed by atoms with van der Waals surface area (Å²) < 4.78 is 7.56. The van der Waals surface area contributed by atoms with Gasteiger partial charge in [0.25, 0.3) is 0 Å². The van der Waals surface area contributed by atoms with Gasteiger partial charge in [0, 0.05) is 25.0 Å². The fourth-order valence-electron chi connectivity index (χ4n) is 14.5. The molecule has 4 bridgehead atoms. The molecular formula is C42H66N2O4. The number of carbonyl (C=O) groups excluding carboxylic acids is 1. The molecule has 268 valence electrons. The van der Waals surface area contributed by atoms with Gasteiger partial charge < -0.3 is 24.4 Å². The quantitative estimate of drug-likeness (QED) is 0.190. The van der Waals surface area contributed by atoms with E-state index in [9.17, 15) is 14.7 Å². The molecule has 0 aromatic carbocycles. The van der Waals surface area contributed by atoms with Crippen molar-refractivity contribution in [2.24, 2.45) is 63.6 Å². The summed E-state index contributed by atoms with van der Waals surface area (Å²) in [4.78, 5) is 33.4. The smallest absolute Gasteiger partial charge is 0.315 e. The summed E-state index contributed by atoms with van der Waals surface area (Å²) in [5.41, 5.74) is -1.40. The van der Waals surface area contributed by atoms with Crippen LogP contribution >= 0.6 is 0 Å². The largest absolute Gasteiger partial charge is 0.481 e. The number of rotatable bonds is 10. The fourth-order valence-corrected chi connectivity index (χ4v) is 14.5. The van der Waals surface area contributed by atoms with E-state index in [1.165, 1.54) is 110 Å². The van der Waals surface area contributed by atoms with E-state index in [0.29, 0.717) is 17.8 Å². The number of ether oxygens (including phenoxy) is 1. The molecule has 4 saturated carbocycles. The molecule has 0 spiro atoms. The molecule has 6 heteroatoms. The van der Waals surface area contributed by atoms with E-state index >= 15 is 0 Å². The molecule has 8 aliphatic rings. The van der Waals surface area contributed by atoms with Crippen molar-refractivity contribution in [1.29, 1.82) is 0 Å². The van der Waals surface area contributed by atoms with Crippen molar-refractivity contribution in [3.8, 4) is 0 Å². The van der Waals surface area contributed by atoms with Gasteiger partial charge in [0.2, 0.25) is 0 Å². The van der Waals surface area contributed by atoms with Gasteiger partial charge in [0.15, 0.2) is 0 Å². The highest BCUT2D eigenvalue weighted by molar-refractivity contribution is 5.90. The van der Waals surface area contributed by atoms with Gasteiger partial charge in [-0.3, -0.25) is 4.79 Å².